The van der Waals surface area contributed by atoms with Gasteiger partial charge in [-0.3, -0.25) is 28.8 Å². The summed E-state index contributed by atoms with van der Waals surface area (Å²) in [5, 5.41) is 2.35. The van der Waals surface area contributed by atoms with Crippen molar-refractivity contribution in [2.24, 2.45) is 18.5 Å². The second-order valence-corrected chi connectivity index (χ2v) is 11.4. The number of carbonyl (C=O) groups excluding carboxylic acids is 3. The fourth-order valence-electron chi connectivity index (χ4n) is 5.50. The predicted octanol–water partition coefficient (Wildman–Crippen LogP) is 3.16. The van der Waals surface area contributed by atoms with Crippen LogP contribution in [0, 0.1) is 0 Å². The predicted molar refractivity (Wildman–Crippen MR) is 162 cm³/mol. The molecule has 1 aromatic heterocycles. The molecule has 10 heteroatoms. The van der Waals surface area contributed by atoms with Crippen LogP contribution in [0.5, 0.6) is 0 Å². The van der Waals surface area contributed by atoms with Crippen LogP contribution in [-0.2, 0) is 45.6 Å². The number of nitrogens with one attached hydrogen (secondary N) is 1. The summed E-state index contributed by atoms with van der Waals surface area (Å²) < 4.78 is 8.98. The van der Waals surface area contributed by atoms with E-state index in [0.29, 0.717) is 19.4 Å². The van der Waals surface area contributed by atoms with Gasteiger partial charge < -0.3 is 16.2 Å². The van der Waals surface area contributed by atoms with Crippen molar-refractivity contribution in [2.75, 3.05) is 0 Å². The lowest BCUT2D eigenvalue weighted by atomic mass is 10.0. The van der Waals surface area contributed by atoms with Gasteiger partial charge in [-0.05, 0) is 74.3 Å². The lowest BCUT2D eigenvalue weighted by Crippen LogP contribution is -2.44. The average Bonchev–Trinajstić information content (AvgIpc) is 3.21. The number of imidazole rings is 1. The summed E-state index contributed by atoms with van der Waals surface area (Å²) in [5.74, 6) is -1.06. The zero-order valence-electron chi connectivity index (χ0n) is 24.6. The molecule has 1 saturated heterocycles. The van der Waals surface area contributed by atoms with Crippen molar-refractivity contribution < 1.29 is 19.1 Å². The van der Waals surface area contributed by atoms with E-state index in [9.17, 15) is 19.2 Å². The van der Waals surface area contributed by atoms with E-state index in [1.807, 2.05) is 25.1 Å². The van der Waals surface area contributed by atoms with Gasteiger partial charge in [0.2, 0.25) is 17.7 Å². The highest BCUT2D eigenvalue weighted by molar-refractivity contribution is 6.00. The van der Waals surface area contributed by atoms with Gasteiger partial charge in [0.25, 0.3) is 0 Å². The van der Waals surface area contributed by atoms with E-state index in [2.05, 4.69) is 29.6 Å². The Labute approximate surface area is 246 Å². The number of imide groups is 1. The Morgan fingerprint density at radius 2 is 1.62 bits per heavy atom. The van der Waals surface area contributed by atoms with Gasteiger partial charge in [0.05, 0.1) is 23.7 Å². The van der Waals surface area contributed by atoms with Crippen LogP contribution in [0.25, 0.3) is 11.0 Å². The van der Waals surface area contributed by atoms with Crippen molar-refractivity contribution in [1.82, 2.24) is 14.5 Å². The topological polar surface area (TPSA) is 151 Å². The number of ether oxygens (including phenoxy) is 1. The van der Waals surface area contributed by atoms with E-state index in [4.69, 9.17) is 16.2 Å². The number of piperidine rings is 1. The number of aromatic nitrogens is 2. The molecule has 0 radical (unpaired) electrons. The fraction of sp³-hybridized carbons (Fsp3) is 0.500. The highest BCUT2D eigenvalue weighted by Crippen LogP contribution is 2.24. The molecule has 2 heterocycles. The average molecular weight is 578 g/mol. The van der Waals surface area contributed by atoms with E-state index < -0.39 is 11.9 Å². The van der Waals surface area contributed by atoms with Gasteiger partial charge in [-0.15, -0.1) is 0 Å². The standard InChI is InChI=1S/C32H43N5O5/c1-21(25(33)14-17-29(34)38)42-20-24-11-9-22(10-12-24)7-5-3-4-6-8-23-13-15-26-28(19-23)36(2)32(41)37(26)27-16-18-30(39)35-31(27)40/h9-13,15,19,21,25,27H,3-8,14,16-18,20,33H2,1-2H3,(H2,34,38)(H,35,39,40)/t21-,25+,27?/m1/s1. The van der Waals surface area contributed by atoms with Crippen LogP contribution in [-0.4, -0.2) is 39.0 Å². The maximum Gasteiger partial charge on any atom is 0.329 e. The number of amides is 3. The Morgan fingerprint density at radius 1 is 0.976 bits per heavy atom. The summed E-state index contributed by atoms with van der Waals surface area (Å²) >= 11 is 0. The number of nitrogens with two attached hydrogens (primary N) is 2. The lowest BCUT2D eigenvalue weighted by molar-refractivity contribution is -0.135. The largest absolute Gasteiger partial charge is 0.372 e. The first-order valence-electron chi connectivity index (χ1n) is 14.9. The number of hydrogen-bond acceptors (Lipinski definition) is 6. The number of rotatable bonds is 15. The molecule has 5 N–H and O–H groups in total. The first-order chi connectivity index (χ1) is 20.1. The number of fused-ring (bicyclic) bond motifs is 1. The molecule has 10 nitrogen and oxygen atoms in total. The third kappa shape index (κ3) is 7.95. The normalized spacial score (nSPS) is 16.9. The maximum atomic E-state index is 13.0. The van der Waals surface area contributed by atoms with Crippen LogP contribution < -0.4 is 22.5 Å². The molecule has 4 rings (SSSR count). The minimum Gasteiger partial charge on any atom is -0.372 e. The van der Waals surface area contributed by atoms with E-state index >= 15 is 0 Å². The highest BCUT2D eigenvalue weighted by Gasteiger charge is 2.31. The van der Waals surface area contributed by atoms with Crippen molar-refractivity contribution >= 4 is 28.8 Å². The third-order valence-corrected chi connectivity index (χ3v) is 8.22. The smallest absolute Gasteiger partial charge is 0.329 e. The van der Waals surface area contributed by atoms with E-state index in [1.54, 1.807) is 11.6 Å². The Kier molecular flexibility index (Phi) is 10.7. The molecule has 0 aliphatic carbocycles. The van der Waals surface area contributed by atoms with Crippen molar-refractivity contribution in [3.8, 4) is 0 Å². The van der Waals surface area contributed by atoms with Gasteiger partial charge in [0, 0.05) is 25.9 Å². The molecule has 1 unspecified atom stereocenters. The van der Waals surface area contributed by atoms with Crippen LogP contribution in [0.1, 0.15) is 81.0 Å². The number of nitrogens with zero attached hydrogens (tertiary/aromatic N) is 2. The lowest BCUT2D eigenvalue weighted by Gasteiger charge is -2.21. The fourth-order valence-corrected chi connectivity index (χ4v) is 5.50. The summed E-state index contributed by atoms with van der Waals surface area (Å²) in [6.45, 7) is 2.40. The maximum absolute atomic E-state index is 13.0. The summed E-state index contributed by atoms with van der Waals surface area (Å²) in [6.07, 6.45) is 7.57. The third-order valence-electron chi connectivity index (χ3n) is 8.22. The SMILES string of the molecule is C[C@@H](OCc1ccc(CCCCCCc2ccc3c(c2)n(C)c(=O)n3C2CCC(=O)NC2=O)cc1)[C@@H](N)CCC(N)=O. The summed E-state index contributed by atoms with van der Waals surface area (Å²) in [4.78, 5) is 47.8. The second kappa shape index (κ2) is 14.4. The Morgan fingerprint density at radius 3 is 2.29 bits per heavy atom. The molecule has 0 spiro atoms. The van der Waals surface area contributed by atoms with Crippen LogP contribution in [0.4, 0.5) is 0 Å². The van der Waals surface area contributed by atoms with Crippen molar-refractivity contribution in [3.63, 3.8) is 0 Å². The number of hydrogen-bond donors (Lipinski definition) is 3. The van der Waals surface area contributed by atoms with Gasteiger partial charge in [-0.2, -0.15) is 0 Å². The molecule has 0 bridgehead atoms. The van der Waals surface area contributed by atoms with Crippen LogP contribution in [0.2, 0.25) is 0 Å². The summed E-state index contributed by atoms with van der Waals surface area (Å²) in [5.41, 5.74) is 16.1. The van der Waals surface area contributed by atoms with Gasteiger partial charge in [-0.1, -0.05) is 43.2 Å². The van der Waals surface area contributed by atoms with Crippen LogP contribution >= 0.6 is 0 Å². The van der Waals surface area contributed by atoms with Crippen LogP contribution in [0.15, 0.2) is 47.3 Å². The Balaban J connectivity index is 1.19. The monoisotopic (exact) mass is 577 g/mol. The van der Waals surface area contributed by atoms with Gasteiger partial charge in [0.1, 0.15) is 6.04 Å². The zero-order chi connectivity index (χ0) is 30.2. The van der Waals surface area contributed by atoms with E-state index in [-0.39, 0.29) is 42.5 Å². The molecule has 42 heavy (non-hydrogen) atoms. The highest BCUT2D eigenvalue weighted by atomic mass is 16.5. The molecular formula is C32H43N5O5. The molecule has 3 atom stereocenters. The Hall–Kier alpha value is -3.76. The summed E-state index contributed by atoms with van der Waals surface area (Å²) in [6, 6.07) is 13.6. The van der Waals surface area contributed by atoms with Gasteiger partial charge >= 0.3 is 5.69 Å². The van der Waals surface area contributed by atoms with E-state index in [1.165, 1.54) is 15.7 Å². The van der Waals surface area contributed by atoms with Crippen LogP contribution in [0.3, 0.4) is 0 Å². The molecule has 2 aromatic carbocycles. The second-order valence-electron chi connectivity index (χ2n) is 11.4. The first kappa shape index (κ1) is 31.2. The minimum absolute atomic E-state index is 0.156. The molecule has 1 aliphatic rings. The van der Waals surface area contributed by atoms with E-state index in [0.717, 1.165) is 55.1 Å². The number of carbonyl (C=O) groups is 3. The van der Waals surface area contributed by atoms with Crippen molar-refractivity contribution in [1.29, 1.82) is 0 Å². The molecule has 226 valence electrons. The quantitative estimate of drug-likeness (QED) is 0.186. The van der Waals surface area contributed by atoms with Gasteiger partial charge in [0.15, 0.2) is 0 Å². The van der Waals surface area contributed by atoms with Gasteiger partial charge in [-0.25, -0.2) is 4.79 Å². The molecule has 0 saturated carbocycles. The molecular weight excluding hydrogens is 534 g/mol. The molecule has 1 aliphatic heterocycles. The number of aryl methyl sites for hydroxylation is 3. The number of primary amides is 1. The number of unbranched alkanes of at least 4 members (excludes halogenated alkanes) is 3. The molecule has 3 amide bonds. The minimum atomic E-state index is -0.664. The van der Waals surface area contributed by atoms with Crippen molar-refractivity contribution in [3.05, 3.63) is 69.6 Å². The van der Waals surface area contributed by atoms with Crippen molar-refractivity contribution in [2.45, 2.75) is 95.9 Å². The number of benzene rings is 2. The summed E-state index contributed by atoms with van der Waals surface area (Å²) in [7, 11) is 1.72. The first-order valence-corrected chi connectivity index (χ1v) is 14.9. The zero-order valence-corrected chi connectivity index (χ0v) is 24.6. The molecule has 3 aromatic rings. The Bertz CT molecular complexity index is 1460. The molecule has 1 fully saturated rings.